The number of ether oxygens (including phenoxy) is 1. The van der Waals surface area contributed by atoms with Gasteiger partial charge in [-0.25, -0.2) is 0 Å². The van der Waals surface area contributed by atoms with Gasteiger partial charge in [0.05, 0.1) is 5.41 Å². The van der Waals surface area contributed by atoms with Gasteiger partial charge in [-0.3, -0.25) is 4.79 Å². The molecule has 4 rings (SSSR count). The largest absolute Gasteiger partial charge is 0.381 e. The Labute approximate surface area is 148 Å². The molecule has 5 heteroatoms. The molecule has 0 spiro atoms. The molecule has 1 N–H and O–H groups in total. The van der Waals surface area contributed by atoms with Crippen molar-refractivity contribution in [1.82, 2.24) is 10.2 Å². The molecular formula is C19H25ClN2O2. The van der Waals surface area contributed by atoms with Crippen LogP contribution in [0, 0.1) is 0 Å². The van der Waals surface area contributed by atoms with Crippen molar-refractivity contribution in [3.05, 3.63) is 34.9 Å². The maximum Gasteiger partial charge on any atom is 0.233 e. The number of carbonyl (C=O) groups is 1. The van der Waals surface area contributed by atoms with Gasteiger partial charge in [0, 0.05) is 43.4 Å². The molecule has 3 fully saturated rings. The van der Waals surface area contributed by atoms with Gasteiger partial charge in [0.1, 0.15) is 0 Å². The van der Waals surface area contributed by atoms with E-state index < -0.39 is 5.41 Å². The van der Waals surface area contributed by atoms with Gasteiger partial charge >= 0.3 is 0 Å². The summed E-state index contributed by atoms with van der Waals surface area (Å²) in [5.41, 5.74) is 0.447. The Kier molecular flexibility index (Phi) is 4.54. The summed E-state index contributed by atoms with van der Waals surface area (Å²) >= 11 is 6.50. The second kappa shape index (κ2) is 6.66. The summed E-state index contributed by atoms with van der Waals surface area (Å²) in [5, 5.41) is 4.36. The van der Waals surface area contributed by atoms with Crippen molar-refractivity contribution in [2.75, 3.05) is 26.3 Å². The first-order valence-corrected chi connectivity index (χ1v) is 9.45. The molecule has 3 aliphatic rings. The number of carbonyl (C=O) groups excluding carboxylic acids is 1. The van der Waals surface area contributed by atoms with Crippen molar-refractivity contribution in [3.8, 4) is 0 Å². The van der Waals surface area contributed by atoms with E-state index in [-0.39, 0.29) is 5.91 Å². The molecule has 1 aromatic carbocycles. The van der Waals surface area contributed by atoms with Crippen LogP contribution in [-0.4, -0.2) is 49.2 Å². The SMILES string of the molecule is O=C(N1CCC2CCC(C1)N2)C1(c2ccccc2Cl)CCOCC1. The topological polar surface area (TPSA) is 41.6 Å². The quantitative estimate of drug-likeness (QED) is 0.893. The molecule has 2 bridgehead atoms. The van der Waals surface area contributed by atoms with Gasteiger partial charge in [0.2, 0.25) is 5.91 Å². The predicted octanol–water partition coefficient (Wildman–Crippen LogP) is 2.74. The number of nitrogens with one attached hydrogen (secondary N) is 1. The summed E-state index contributed by atoms with van der Waals surface area (Å²) in [6.45, 7) is 2.91. The molecule has 130 valence electrons. The van der Waals surface area contributed by atoms with E-state index in [1.54, 1.807) is 0 Å². The number of nitrogens with zero attached hydrogens (tertiary/aromatic N) is 1. The molecule has 3 aliphatic heterocycles. The molecule has 3 heterocycles. The average Bonchev–Trinajstić information content (AvgIpc) is 2.94. The Morgan fingerprint density at radius 3 is 2.71 bits per heavy atom. The van der Waals surface area contributed by atoms with E-state index in [0.29, 0.717) is 43.2 Å². The maximum absolute atomic E-state index is 13.6. The van der Waals surface area contributed by atoms with Crippen LogP contribution in [0.3, 0.4) is 0 Å². The highest BCUT2D eigenvalue weighted by Gasteiger charge is 2.46. The van der Waals surface area contributed by atoms with Crippen LogP contribution in [0.1, 0.15) is 37.7 Å². The normalized spacial score (nSPS) is 29.3. The van der Waals surface area contributed by atoms with Gasteiger partial charge in [-0.05, 0) is 43.7 Å². The number of fused-ring (bicyclic) bond motifs is 2. The lowest BCUT2D eigenvalue weighted by atomic mass is 9.72. The molecule has 24 heavy (non-hydrogen) atoms. The van der Waals surface area contributed by atoms with Crippen molar-refractivity contribution in [1.29, 1.82) is 0 Å². The lowest BCUT2D eigenvalue weighted by Gasteiger charge is -2.41. The highest BCUT2D eigenvalue weighted by Crippen LogP contribution is 2.40. The summed E-state index contributed by atoms with van der Waals surface area (Å²) in [6.07, 6.45) is 4.91. The molecule has 0 aliphatic carbocycles. The van der Waals surface area contributed by atoms with Crippen LogP contribution in [0.5, 0.6) is 0 Å². The Morgan fingerprint density at radius 1 is 1.17 bits per heavy atom. The van der Waals surface area contributed by atoms with Gasteiger partial charge in [-0.15, -0.1) is 0 Å². The highest BCUT2D eigenvalue weighted by atomic mass is 35.5. The Morgan fingerprint density at radius 2 is 1.92 bits per heavy atom. The van der Waals surface area contributed by atoms with Crippen molar-refractivity contribution < 1.29 is 9.53 Å². The van der Waals surface area contributed by atoms with E-state index in [1.807, 2.05) is 24.3 Å². The smallest absolute Gasteiger partial charge is 0.233 e. The number of rotatable bonds is 2. The first-order chi connectivity index (χ1) is 11.7. The molecule has 0 saturated carbocycles. The number of halogens is 1. The van der Waals surface area contributed by atoms with Crippen molar-refractivity contribution in [3.63, 3.8) is 0 Å². The van der Waals surface area contributed by atoms with Crippen LogP contribution in [-0.2, 0) is 14.9 Å². The Hall–Kier alpha value is -1.10. The number of amides is 1. The van der Waals surface area contributed by atoms with Crippen LogP contribution < -0.4 is 5.32 Å². The minimum absolute atomic E-state index is 0.244. The Bertz CT molecular complexity index is 615. The van der Waals surface area contributed by atoms with Crippen LogP contribution in [0.15, 0.2) is 24.3 Å². The van der Waals surface area contributed by atoms with Gasteiger partial charge in [0.25, 0.3) is 0 Å². The van der Waals surface area contributed by atoms with E-state index in [0.717, 1.165) is 25.1 Å². The fourth-order valence-corrected chi connectivity index (χ4v) is 4.91. The zero-order valence-corrected chi connectivity index (χ0v) is 14.7. The number of likely N-dealkylation sites (tertiary alicyclic amines) is 1. The van der Waals surface area contributed by atoms with Gasteiger partial charge in [-0.2, -0.15) is 0 Å². The molecule has 2 atom stereocenters. The second-order valence-electron chi connectivity index (χ2n) is 7.35. The van der Waals surface area contributed by atoms with Crippen LogP contribution >= 0.6 is 11.6 Å². The summed E-state index contributed by atoms with van der Waals surface area (Å²) in [4.78, 5) is 15.7. The van der Waals surface area contributed by atoms with Crippen molar-refractivity contribution in [2.24, 2.45) is 0 Å². The Balaban J connectivity index is 1.66. The van der Waals surface area contributed by atoms with Crippen LogP contribution in [0.25, 0.3) is 0 Å². The summed E-state index contributed by atoms with van der Waals surface area (Å²) in [5.74, 6) is 0.244. The van der Waals surface area contributed by atoms with Crippen molar-refractivity contribution >= 4 is 17.5 Å². The predicted molar refractivity (Wildman–Crippen MR) is 94.3 cm³/mol. The van der Waals surface area contributed by atoms with E-state index in [4.69, 9.17) is 16.3 Å². The maximum atomic E-state index is 13.6. The lowest BCUT2D eigenvalue weighted by Crippen LogP contribution is -2.52. The average molecular weight is 349 g/mol. The molecule has 2 unspecified atom stereocenters. The fraction of sp³-hybridized carbons (Fsp3) is 0.632. The molecule has 1 aromatic rings. The van der Waals surface area contributed by atoms with Gasteiger partial charge in [-0.1, -0.05) is 29.8 Å². The van der Waals surface area contributed by atoms with Crippen molar-refractivity contribution in [2.45, 2.75) is 49.6 Å². The third-order valence-electron chi connectivity index (χ3n) is 5.96. The minimum atomic E-state index is -0.528. The molecular weight excluding hydrogens is 324 g/mol. The first-order valence-electron chi connectivity index (χ1n) is 9.07. The summed E-state index contributed by atoms with van der Waals surface area (Å²) in [6, 6.07) is 8.86. The molecule has 3 saturated heterocycles. The van der Waals surface area contributed by atoms with E-state index in [2.05, 4.69) is 10.2 Å². The highest BCUT2D eigenvalue weighted by molar-refractivity contribution is 6.31. The third kappa shape index (κ3) is 2.85. The van der Waals surface area contributed by atoms with Gasteiger partial charge in [0.15, 0.2) is 0 Å². The summed E-state index contributed by atoms with van der Waals surface area (Å²) in [7, 11) is 0. The second-order valence-corrected chi connectivity index (χ2v) is 7.76. The molecule has 0 radical (unpaired) electrons. The summed E-state index contributed by atoms with van der Waals surface area (Å²) < 4.78 is 5.57. The standard InChI is InChI=1S/C19H25ClN2O2/c20-17-4-2-1-3-16(17)19(8-11-24-12-9-19)18(23)22-10-7-14-5-6-15(13-22)21-14/h1-4,14-15,21H,5-13H2. The lowest BCUT2D eigenvalue weighted by molar-refractivity contribution is -0.141. The van der Waals surface area contributed by atoms with Crippen LogP contribution in [0.4, 0.5) is 0 Å². The third-order valence-corrected chi connectivity index (χ3v) is 6.29. The van der Waals surface area contributed by atoms with Gasteiger partial charge < -0.3 is 15.0 Å². The zero-order chi connectivity index (χ0) is 16.6. The van der Waals surface area contributed by atoms with E-state index in [1.165, 1.54) is 12.8 Å². The molecule has 4 nitrogen and oxygen atoms in total. The first kappa shape index (κ1) is 16.4. The van der Waals surface area contributed by atoms with E-state index in [9.17, 15) is 4.79 Å². The van der Waals surface area contributed by atoms with E-state index >= 15 is 0 Å². The zero-order valence-electron chi connectivity index (χ0n) is 14.0. The minimum Gasteiger partial charge on any atom is -0.381 e. The fourth-order valence-electron chi connectivity index (χ4n) is 4.60. The monoisotopic (exact) mass is 348 g/mol. The number of hydrogen-bond donors (Lipinski definition) is 1. The number of hydrogen-bond acceptors (Lipinski definition) is 3. The molecule has 1 amide bonds. The number of benzene rings is 1. The molecule has 0 aromatic heterocycles. The van der Waals surface area contributed by atoms with Crippen LogP contribution in [0.2, 0.25) is 5.02 Å².